The molecule has 0 aliphatic heterocycles. The maximum atomic E-state index is 13.8. The first-order chi connectivity index (χ1) is 8.20. The number of hydrogen-bond donors (Lipinski definition) is 1. The molecule has 2 nitrogen and oxygen atoms in total. The molecule has 1 aliphatic carbocycles. The summed E-state index contributed by atoms with van der Waals surface area (Å²) in [6.45, 7) is 0. The lowest BCUT2D eigenvalue weighted by Gasteiger charge is -2.21. The summed E-state index contributed by atoms with van der Waals surface area (Å²) in [5.41, 5.74) is 6.02. The van der Waals surface area contributed by atoms with E-state index in [-0.39, 0.29) is 5.82 Å². The predicted octanol–water partition coefficient (Wildman–Crippen LogP) is 3.84. The fourth-order valence-electron chi connectivity index (χ4n) is 2.18. The fourth-order valence-corrected chi connectivity index (χ4v) is 3.45. The lowest BCUT2D eigenvalue weighted by atomic mass is 10.0. The number of thioether (sulfide) groups is 1. The average Bonchev–Trinajstić information content (AvgIpc) is 2.34. The van der Waals surface area contributed by atoms with Crippen molar-refractivity contribution in [1.29, 1.82) is 0 Å². The van der Waals surface area contributed by atoms with Crippen molar-refractivity contribution in [2.24, 2.45) is 0 Å². The van der Waals surface area contributed by atoms with Gasteiger partial charge in [0.15, 0.2) is 0 Å². The summed E-state index contributed by atoms with van der Waals surface area (Å²) in [5.74, 6) is 0.323. The topological polar surface area (TPSA) is 35.2 Å². The number of ether oxygens (including phenoxy) is 1. The van der Waals surface area contributed by atoms with Crippen LogP contribution in [-0.2, 0) is 0 Å². The molecule has 0 radical (unpaired) electrons. The minimum atomic E-state index is -0.237. The molecule has 0 amide bonds. The highest BCUT2D eigenvalue weighted by Crippen LogP contribution is 2.38. The number of methoxy groups -OCH3 is 1. The van der Waals surface area contributed by atoms with Gasteiger partial charge in [-0.05, 0) is 18.9 Å². The van der Waals surface area contributed by atoms with Crippen LogP contribution in [0.4, 0.5) is 10.1 Å². The van der Waals surface area contributed by atoms with Gasteiger partial charge in [-0.15, -0.1) is 11.8 Å². The summed E-state index contributed by atoms with van der Waals surface area (Å²) in [7, 11) is 1.55. The second-order valence-electron chi connectivity index (χ2n) is 4.40. The van der Waals surface area contributed by atoms with E-state index in [1.165, 1.54) is 38.2 Å². The molecule has 0 heterocycles. The Kier molecular flexibility index (Phi) is 4.15. The zero-order valence-corrected chi connectivity index (χ0v) is 10.9. The molecule has 94 valence electrons. The quantitative estimate of drug-likeness (QED) is 0.833. The van der Waals surface area contributed by atoms with Gasteiger partial charge in [-0.25, -0.2) is 4.39 Å². The van der Waals surface area contributed by atoms with E-state index >= 15 is 0 Å². The number of benzene rings is 1. The monoisotopic (exact) mass is 255 g/mol. The van der Waals surface area contributed by atoms with Crippen LogP contribution in [0.1, 0.15) is 32.1 Å². The Morgan fingerprint density at radius 2 is 2.00 bits per heavy atom. The van der Waals surface area contributed by atoms with Crippen molar-refractivity contribution >= 4 is 17.4 Å². The van der Waals surface area contributed by atoms with Crippen LogP contribution >= 0.6 is 11.8 Å². The lowest BCUT2D eigenvalue weighted by Crippen LogP contribution is -2.08. The zero-order chi connectivity index (χ0) is 12.3. The molecular formula is C13H18FNOS. The maximum Gasteiger partial charge on any atom is 0.143 e. The van der Waals surface area contributed by atoms with Gasteiger partial charge in [0.25, 0.3) is 0 Å². The molecule has 4 heteroatoms. The Balaban J connectivity index is 2.13. The van der Waals surface area contributed by atoms with Crippen molar-refractivity contribution in [2.75, 3.05) is 12.8 Å². The van der Waals surface area contributed by atoms with E-state index in [0.717, 1.165) is 0 Å². The van der Waals surface area contributed by atoms with Crippen LogP contribution in [0.3, 0.4) is 0 Å². The van der Waals surface area contributed by atoms with Gasteiger partial charge in [0.1, 0.15) is 11.6 Å². The number of halogens is 1. The van der Waals surface area contributed by atoms with Gasteiger partial charge in [0.2, 0.25) is 0 Å². The Morgan fingerprint density at radius 3 is 2.65 bits per heavy atom. The third kappa shape index (κ3) is 3.06. The third-order valence-electron chi connectivity index (χ3n) is 3.13. The van der Waals surface area contributed by atoms with E-state index in [9.17, 15) is 4.39 Å². The molecule has 0 atom stereocenters. The standard InChI is InChI=1S/C13H18FNOS/c1-16-12-8-13(10(14)7-11(12)15)17-9-5-3-2-4-6-9/h7-9H,2-6,15H2,1H3. The normalized spacial score (nSPS) is 17.1. The molecule has 0 aromatic heterocycles. The molecule has 17 heavy (non-hydrogen) atoms. The van der Waals surface area contributed by atoms with Crippen LogP contribution in [0.2, 0.25) is 0 Å². The zero-order valence-electron chi connectivity index (χ0n) is 10.0. The SMILES string of the molecule is COc1cc(SC2CCCCC2)c(F)cc1N. The minimum Gasteiger partial charge on any atom is -0.495 e. The van der Waals surface area contributed by atoms with Crippen LogP contribution in [0.5, 0.6) is 5.75 Å². The maximum absolute atomic E-state index is 13.8. The molecule has 0 saturated heterocycles. The van der Waals surface area contributed by atoms with Gasteiger partial charge < -0.3 is 10.5 Å². The van der Waals surface area contributed by atoms with E-state index in [1.807, 2.05) is 0 Å². The molecule has 1 aliphatic rings. The van der Waals surface area contributed by atoms with E-state index < -0.39 is 0 Å². The van der Waals surface area contributed by atoms with Crippen LogP contribution in [0.15, 0.2) is 17.0 Å². The highest BCUT2D eigenvalue weighted by molar-refractivity contribution is 8.00. The van der Waals surface area contributed by atoms with E-state index in [4.69, 9.17) is 10.5 Å². The Bertz CT molecular complexity index is 391. The number of rotatable bonds is 3. The fraction of sp³-hybridized carbons (Fsp3) is 0.538. The summed E-state index contributed by atoms with van der Waals surface area (Å²) >= 11 is 1.62. The number of hydrogen-bond acceptors (Lipinski definition) is 3. The summed E-state index contributed by atoms with van der Waals surface area (Å²) in [4.78, 5) is 0.656. The van der Waals surface area contributed by atoms with Gasteiger partial charge in [0, 0.05) is 16.2 Å². The van der Waals surface area contributed by atoms with Gasteiger partial charge in [-0.2, -0.15) is 0 Å². The highest BCUT2D eigenvalue weighted by Gasteiger charge is 2.17. The first-order valence-corrected chi connectivity index (χ1v) is 6.88. The van der Waals surface area contributed by atoms with Gasteiger partial charge in [-0.3, -0.25) is 0 Å². The van der Waals surface area contributed by atoms with Gasteiger partial charge >= 0.3 is 0 Å². The van der Waals surface area contributed by atoms with Crippen molar-refractivity contribution in [3.63, 3.8) is 0 Å². The number of nitrogens with two attached hydrogens (primary N) is 1. The molecule has 0 unspecified atom stereocenters. The Hall–Kier alpha value is -0.900. The number of nitrogen functional groups attached to an aromatic ring is 1. The van der Waals surface area contributed by atoms with Crippen LogP contribution in [-0.4, -0.2) is 12.4 Å². The lowest BCUT2D eigenvalue weighted by molar-refractivity contribution is 0.414. The summed E-state index contributed by atoms with van der Waals surface area (Å²) < 4.78 is 18.9. The Labute approximate surface area is 106 Å². The smallest absolute Gasteiger partial charge is 0.143 e. The molecule has 0 spiro atoms. The highest BCUT2D eigenvalue weighted by atomic mass is 32.2. The molecule has 1 aromatic carbocycles. The molecule has 1 aromatic rings. The average molecular weight is 255 g/mol. The second-order valence-corrected chi connectivity index (χ2v) is 5.74. The van der Waals surface area contributed by atoms with Crippen molar-refractivity contribution < 1.29 is 9.13 Å². The molecule has 1 saturated carbocycles. The van der Waals surface area contributed by atoms with E-state index in [0.29, 0.717) is 21.6 Å². The van der Waals surface area contributed by atoms with Crippen LogP contribution in [0.25, 0.3) is 0 Å². The molecule has 0 bridgehead atoms. The van der Waals surface area contributed by atoms with E-state index in [1.54, 1.807) is 24.9 Å². The molecule has 2 N–H and O–H groups in total. The van der Waals surface area contributed by atoms with Crippen LogP contribution in [0, 0.1) is 5.82 Å². The van der Waals surface area contributed by atoms with Crippen molar-refractivity contribution in [3.8, 4) is 5.75 Å². The number of anilines is 1. The van der Waals surface area contributed by atoms with Gasteiger partial charge in [0.05, 0.1) is 12.8 Å². The van der Waals surface area contributed by atoms with Gasteiger partial charge in [-0.1, -0.05) is 19.3 Å². The first-order valence-electron chi connectivity index (χ1n) is 6.00. The largest absolute Gasteiger partial charge is 0.495 e. The third-order valence-corrected chi connectivity index (χ3v) is 4.50. The van der Waals surface area contributed by atoms with E-state index in [2.05, 4.69) is 0 Å². The molecule has 2 rings (SSSR count). The predicted molar refractivity (Wildman–Crippen MR) is 70.1 cm³/mol. The summed E-state index contributed by atoms with van der Waals surface area (Å²) in [5, 5.41) is 0.534. The van der Waals surface area contributed by atoms with Crippen molar-refractivity contribution in [2.45, 2.75) is 42.2 Å². The molecule has 1 fully saturated rings. The summed E-state index contributed by atoms with van der Waals surface area (Å²) in [6, 6.07) is 3.06. The van der Waals surface area contributed by atoms with Crippen molar-refractivity contribution in [1.82, 2.24) is 0 Å². The summed E-state index contributed by atoms with van der Waals surface area (Å²) in [6.07, 6.45) is 6.18. The minimum absolute atomic E-state index is 0.237. The van der Waals surface area contributed by atoms with Crippen LogP contribution < -0.4 is 10.5 Å². The molecular weight excluding hydrogens is 237 g/mol. The van der Waals surface area contributed by atoms with Crippen molar-refractivity contribution in [3.05, 3.63) is 17.9 Å². The second kappa shape index (κ2) is 5.63. The first kappa shape index (κ1) is 12.6. The Morgan fingerprint density at radius 1 is 1.29 bits per heavy atom.